The Morgan fingerprint density at radius 1 is 1.24 bits per heavy atom. The Kier molecular flexibility index (Phi) is 3.83. The summed E-state index contributed by atoms with van der Waals surface area (Å²) in [4.78, 5) is 15.5. The molecule has 21 heavy (non-hydrogen) atoms. The van der Waals surface area contributed by atoms with Crippen molar-refractivity contribution >= 4 is 11.6 Å². The van der Waals surface area contributed by atoms with Gasteiger partial charge in [0.2, 0.25) is 5.91 Å². The minimum absolute atomic E-state index is 0.0696. The quantitative estimate of drug-likeness (QED) is 0.905. The Morgan fingerprint density at radius 2 is 2.14 bits per heavy atom. The van der Waals surface area contributed by atoms with Gasteiger partial charge < -0.3 is 15.4 Å². The molecule has 5 heteroatoms. The van der Waals surface area contributed by atoms with Gasteiger partial charge in [-0.15, -0.1) is 0 Å². The van der Waals surface area contributed by atoms with E-state index >= 15 is 0 Å². The summed E-state index contributed by atoms with van der Waals surface area (Å²) in [6, 6.07) is 7.67. The molecule has 1 aliphatic heterocycles. The smallest absolute Gasteiger partial charge is 0.224 e. The number of anilines is 1. The molecule has 0 spiro atoms. The molecule has 0 aliphatic carbocycles. The zero-order chi connectivity index (χ0) is 14.7. The van der Waals surface area contributed by atoms with E-state index in [1.807, 2.05) is 37.5 Å². The van der Waals surface area contributed by atoms with E-state index in [0.717, 1.165) is 35.5 Å². The van der Waals surface area contributed by atoms with E-state index in [0.29, 0.717) is 12.2 Å². The third-order valence-corrected chi connectivity index (χ3v) is 3.36. The van der Waals surface area contributed by atoms with Gasteiger partial charge in [0.15, 0.2) is 0 Å². The highest BCUT2D eigenvalue weighted by molar-refractivity contribution is 5.94. The number of pyridine rings is 1. The number of hydrogen-bond donors (Lipinski definition) is 2. The van der Waals surface area contributed by atoms with Crippen molar-refractivity contribution in [2.24, 2.45) is 0 Å². The lowest BCUT2D eigenvalue weighted by molar-refractivity contribution is -0.116. The van der Waals surface area contributed by atoms with Crippen molar-refractivity contribution in [3.63, 3.8) is 0 Å². The van der Waals surface area contributed by atoms with Crippen LogP contribution in [-0.2, 0) is 17.8 Å². The van der Waals surface area contributed by atoms with Gasteiger partial charge in [0.25, 0.3) is 0 Å². The maximum Gasteiger partial charge on any atom is 0.224 e. The van der Waals surface area contributed by atoms with E-state index < -0.39 is 0 Å². The van der Waals surface area contributed by atoms with Gasteiger partial charge in [-0.1, -0.05) is 0 Å². The second-order valence-corrected chi connectivity index (χ2v) is 5.03. The highest BCUT2D eigenvalue weighted by Crippen LogP contribution is 2.29. The number of nitrogens with one attached hydrogen (secondary N) is 2. The fraction of sp³-hybridized carbons (Fsp3) is 0.250. The Balaban J connectivity index is 1.79. The molecule has 0 fully saturated rings. The molecule has 2 aromatic rings. The van der Waals surface area contributed by atoms with Crippen LogP contribution in [0.1, 0.15) is 17.5 Å². The minimum atomic E-state index is 0.0696. The number of fused-ring (bicyclic) bond motifs is 1. The Labute approximate surface area is 123 Å². The van der Waals surface area contributed by atoms with Crippen LogP contribution in [0.25, 0.3) is 0 Å². The van der Waals surface area contributed by atoms with Crippen LogP contribution in [0.3, 0.4) is 0 Å². The molecule has 1 aromatic carbocycles. The predicted octanol–water partition coefficient (Wildman–Crippen LogP) is 2.48. The Morgan fingerprint density at radius 3 is 3.00 bits per heavy atom. The van der Waals surface area contributed by atoms with E-state index in [2.05, 4.69) is 15.6 Å². The average Bonchev–Trinajstić information content (AvgIpc) is 2.48. The van der Waals surface area contributed by atoms with Gasteiger partial charge in [-0.2, -0.15) is 0 Å². The summed E-state index contributed by atoms with van der Waals surface area (Å²) in [6.45, 7) is 0.750. The molecule has 0 atom stereocenters. The number of carbonyl (C=O) groups is 1. The largest absolute Gasteiger partial charge is 0.456 e. The number of ether oxygens (including phenoxy) is 1. The summed E-state index contributed by atoms with van der Waals surface area (Å²) in [7, 11) is 1.89. The zero-order valence-corrected chi connectivity index (χ0v) is 11.8. The van der Waals surface area contributed by atoms with Gasteiger partial charge in [0, 0.05) is 24.8 Å². The topological polar surface area (TPSA) is 63.3 Å². The van der Waals surface area contributed by atoms with Crippen LogP contribution in [-0.4, -0.2) is 17.9 Å². The van der Waals surface area contributed by atoms with Crippen molar-refractivity contribution in [1.82, 2.24) is 10.3 Å². The Bertz CT molecular complexity index is 670. The van der Waals surface area contributed by atoms with Crippen LogP contribution < -0.4 is 15.4 Å². The second-order valence-electron chi connectivity index (χ2n) is 5.03. The van der Waals surface area contributed by atoms with E-state index in [1.54, 1.807) is 6.20 Å². The number of nitrogens with zero attached hydrogens (tertiary/aromatic N) is 1. The lowest BCUT2D eigenvalue weighted by Gasteiger charge is -2.17. The average molecular weight is 283 g/mol. The SMILES string of the molecule is CNCc1cncc(Oc2ccc3c(c2)CCC(=O)N3)c1. The van der Waals surface area contributed by atoms with Crippen LogP contribution in [0.2, 0.25) is 0 Å². The lowest BCUT2D eigenvalue weighted by atomic mass is 10.0. The van der Waals surface area contributed by atoms with Crippen LogP contribution in [0.5, 0.6) is 11.5 Å². The molecule has 108 valence electrons. The first kappa shape index (κ1) is 13.6. The second kappa shape index (κ2) is 5.93. The van der Waals surface area contributed by atoms with Crippen molar-refractivity contribution in [2.75, 3.05) is 12.4 Å². The summed E-state index contributed by atoms with van der Waals surface area (Å²) in [6.07, 6.45) is 4.78. The maximum absolute atomic E-state index is 11.3. The standard InChI is InChI=1S/C16H17N3O2/c1-17-8-11-6-14(10-18-9-11)21-13-3-4-15-12(7-13)2-5-16(20)19-15/h3-4,6-7,9-10,17H,2,5,8H2,1H3,(H,19,20). The number of aryl methyl sites for hydroxylation is 1. The van der Waals surface area contributed by atoms with Crippen LogP contribution >= 0.6 is 0 Å². The third kappa shape index (κ3) is 3.20. The van der Waals surface area contributed by atoms with Crippen molar-refractivity contribution in [3.05, 3.63) is 47.8 Å². The highest BCUT2D eigenvalue weighted by Gasteiger charge is 2.15. The number of benzene rings is 1. The molecule has 0 saturated carbocycles. The zero-order valence-electron chi connectivity index (χ0n) is 11.8. The summed E-state index contributed by atoms with van der Waals surface area (Å²) >= 11 is 0. The number of aromatic nitrogens is 1. The van der Waals surface area contributed by atoms with Gasteiger partial charge in [-0.25, -0.2) is 0 Å². The molecule has 0 saturated heterocycles. The molecule has 1 aromatic heterocycles. The van der Waals surface area contributed by atoms with Crippen LogP contribution in [0, 0.1) is 0 Å². The normalized spacial score (nSPS) is 13.5. The number of rotatable bonds is 4. The first-order chi connectivity index (χ1) is 10.2. The van der Waals surface area contributed by atoms with Gasteiger partial charge in [-0.05, 0) is 48.9 Å². The fourth-order valence-corrected chi connectivity index (χ4v) is 2.38. The van der Waals surface area contributed by atoms with E-state index in [9.17, 15) is 4.79 Å². The molecule has 1 amide bonds. The summed E-state index contributed by atoms with van der Waals surface area (Å²) in [5.74, 6) is 1.54. The van der Waals surface area contributed by atoms with E-state index in [1.165, 1.54) is 0 Å². The first-order valence-corrected chi connectivity index (χ1v) is 6.94. The van der Waals surface area contributed by atoms with Crippen molar-refractivity contribution in [1.29, 1.82) is 0 Å². The molecular weight excluding hydrogens is 266 g/mol. The van der Waals surface area contributed by atoms with E-state index in [4.69, 9.17) is 4.74 Å². The number of amides is 1. The lowest BCUT2D eigenvalue weighted by Crippen LogP contribution is -2.18. The van der Waals surface area contributed by atoms with Gasteiger partial charge in [0.05, 0.1) is 6.20 Å². The molecule has 2 heterocycles. The summed E-state index contributed by atoms with van der Waals surface area (Å²) in [5, 5.41) is 5.95. The molecule has 5 nitrogen and oxygen atoms in total. The van der Waals surface area contributed by atoms with Crippen LogP contribution in [0.4, 0.5) is 5.69 Å². The molecule has 0 bridgehead atoms. The molecule has 3 rings (SSSR count). The van der Waals surface area contributed by atoms with E-state index in [-0.39, 0.29) is 5.91 Å². The molecular formula is C16H17N3O2. The van der Waals surface area contributed by atoms with Crippen molar-refractivity contribution < 1.29 is 9.53 Å². The molecule has 0 unspecified atom stereocenters. The monoisotopic (exact) mass is 283 g/mol. The molecule has 1 aliphatic rings. The summed E-state index contributed by atoms with van der Waals surface area (Å²) < 4.78 is 5.86. The first-order valence-electron chi connectivity index (χ1n) is 6.94. The van der Waals surface area contributed by atoms with Gasteiger partial charge >= 0.3 is 0 Å². The maximum atomic E-state index is 11.3. The third-order valence-electron chi connectivity index (χ3n) is 3.36. The van der Waals surface area contributed by atoms with Gasteiger partial charge in [0.1, 0.15) is 11.5 Å². The molecule has 2 N–H and O–H groups in total. The number of hydrogen-bond acceptors (Lipinski definition) is 4. The van der Waals surface area contributed by atoms with Gasteiger partial charge in [-0.3, -0.25) is 9.78 Å². The predicted molar refractivity (Wildman–Crippen MR) is 80.5 cm³/mol. The minimum Gasteiger partial charge on any atom is -0.456 e. The highest BCUT2D eigenvalue weighted by atomic mass is 16.5. The van der Waals surface area contributed by atoms with Crippen molar-refractivity contribution in [3.8, 4) is 11.5 Å². The summed E-state index contributed by atoms with van der Waals surface area (Å²) in [5.41, 5.74) is 3.05. The van der Waals surface area contributed by atoms with Crippen LogP contribution in [0.15, 0.2) is 36.7 Å². The fourth-order valence-electron chi connectivity index (χ4n) is 2.38. The van der Waals surface area contributed by atoms with Crippen molar-refractivity contribution in [2.45, 2.75) is 19.4 Å². The Hall–Kier alpha value is -2.40. The molecule has 0 radical (unpaired) electrons. The number of carbonyl (C=O) groups excluding carboxylic acids is 1.